The van der Waals surface area contributed by atoms with E-state index in [0.717, 1.165) is 17.7 Å². The van der Waals surface area contributed by atoms with Gasteiger partial charge in [-0.15, -0.1) is 0 Å². The summed E-state index contributed by atoms with van der Waals surface area (Å²) in [5.74, 6) is 0.0485. The summed E-state index contributed by atoms with van der Waals surface area (Å²) in [4.78, 5) is 14.6. The van der Waals surface area contributed by atoms with E-state index in [0.29, 0.717) is 0 Å². The maximum Gasteiger partial charge on any atom is 0.251 e. The van der Waals surface area contributed by atoms with Gasteiger partial charge in [0.25, 0.3) is 5.91 Å². The SMILES string of the molecule is C[C@@H]1Cc2ccccc2N1C(=O)/C=C/c1ccc(C(C)(C)C)cc1. The van der Waals surface area contributed by atoms with Crippen molar-refractivity contribution in [3.63, 3.8) is 0 Å². The summed E-state index contributed by atoms with van der Waals surface area (Å²) >= 11 is 0. The maximum atomic E-state index is 12.7. The summed E-state index contributed by atoms with van der Waals surface area (Å²) in [6, 6.07) is 16.8. The summed E-state index contributed by atoms with van der Waals surface area (Å²) in [5.41, 5.74) is 4.79. The van der Waals surface area contributed by atoms with E-state index in [1.165, 1.54) is 11.1 Å². The normalized spacial score (nSPS) is 17.3. The Kier molecular flexibility index (Phi) is 4.31. The van der Waals surface area contributed by atoms with Gasteiger partial charge in [-0.2, -0.15) is 0 Å². The van der Waals surface area contributed by atoms with Gasteiger partial charge in [0.2, 0.25) is 0 Å². The molecule has 2 nitrogen and oxygen atoms in total. The van der Waals surface area contributed by atoms with Gasteiger partial charge in [-0.1, -0.05) is 63.2 Å². The highest BCUT2D eigenvalue weighted by Gasteiger charge is 2.29. The van der Waals surface area contributed by atoms with Crippen LogP contribution >= 0.6 is 0 Å². The fraction of sp³-hybridized carbons (Fsp3) is 0.318. The Labute approximate surface area is 144 Å². The second-order valence-corrected chi connectivity index (χ2v) is 7.60. The minimum absolute atomic E-state index is 0.0485. The molecular weight excluding hydrogens is 294 g/mol. The molecule has 0 saturated heterocycles. The van der Waals surface area contributed by atoms with Crippen LogP contribution in [0, 0.1) is 0 Å². The number of anilines is 1. The molecule has 1 aliphatic rings. The average molecular weight is 319 g/mol. The number of hydrogen-bond donors (Lipinski definition) is 0. The lowest BCUT2D eigenvalue weighted by atomic mass is 9.87. The highest BCUT2D eigenvalue weighted by molar-refractivity contribution is 6.05. The molecule has 0 spiro atoms. The molecule has 2 aromatic rings. The molecule has 0 saturated carbocycles. The van der Waals surface area contributed by atoms with Crippen molar-refractivity contribution in [2.75, 3.05) is 4.90 Å². The molecule has 1 atom stereocenters. The first-order valence-corrected chi connectivity index (χ1v) is 8.56. The van der Waals surface area contributed by atoms with Gasteiger partial charge in [-0.25, -0.2) is 0 Å². The van der Waals surface area contributed by atoms with Crippen molar-refractivity contribution in [2.24, 2.45) is 0 Å². The third-order valence-electron chi connectivity index (χ3n) is 4.64. The molecular formula is C22H25NO. The predicted octanol–water partition coefficient (Wildman–Crippen LogP) is 4.98. The number of nitrogens with zero attached hydrogens (tertiary/aromatic N) is 1. The summed E-state index contributed by atoms with van der Waals surface area (Å²) in [6.45, 7) is 8.71. The average Bonchev–Trinajstić information content (AvgIpc) is 2.88. The van der Waals surface area contributed by atoms with Gasteiger partial charge >= 0.3 is 0 Å². The molecule has 1 heterocycles. The first kappa shape index (κ1) is 16.5. The molecule has 2 heteroatoms. The van der Waals surface area contributed by atoms with Gasteiger partial charge in [0.1, 0.15) is 0 Å². The number of carbonyl (C=O) groups excluding carboxylic acids is 1. The molecule has 0 N–H and O–H groups in total. The van der Waals surface area contributed by atoms with E-state index >= 15 is 0 Å². The molecule has 1 amide bonds. The Bertz CT molecular complexity index is 765. The number of benzene rings is 2. The summed E-state index contributed by atoms with van der Waals surface area (Å²) in [5, 5.41) is 0. The molecule has 124 valence electrons. The molecule has 0 aromatic heterocycles. The van der Waals surface area contributed by atoms with Crippen LogP contribution in [0.1, 0.15) is 44.4 Å². The smallest absolute Gasteiger partial charge is 0.251 e. The molecule has 24 heavy (non-hydrogen) atoms. The molecule has 0 unspecified atom stereocenters. The number of rotatable bonds is 2. The van der Waals surface area contributed by atoms with E-state index in [-0.39, 0.29) is 17.4 Å². The van der Waals surface area contributed by atoms with Crippen molar-refractivity contribution >= 4 is 17.7 Å². The Morgan fingerprint density at radius 3 is 2.42 bits per heavy atom. The monoisotopic (exact) mass is 319 g/mol. The molecule has 1 aliphatic heterocycles. The van der Waals surface area contributed by atoms with Gasteiger partial charge in [0.15, 0.2) is 0 Å². The van der Waals surface area contributed by atoms with Crippen LogP contribution in [-0.2, 0) is 16.6 Å². The van der Waals surface area contributed by atoms with Crippen LogP contribution in [0.5, 0.6) is 0 Å². The number of para-hydroxylation sites is 1. The van der Waals surface area contributed by atoms with Crippen molar-refractivity contribution < 1.29 is 4.79 Å². The second kappa shape index (κ2) is 6.27. The first-order valence-electron chi connectivity index (χ1n) is 8.56. The molecule has 0 bridgehead atoms. The first-order chi connectivity index (χ1) is 11.4. The lowest BCUT2D eigenvalue weighted by Gasteiger charge is -2.21. The molecule has 3 rings (SSSR count). The van der Waals surface area contributed by atoms with Crippen molar-refractivity contribution in [2.45, 2.75) is 45.6 Å². The second-order valence-electron chi connectivity index (χ2n) is 7.60. The van der Waals surface area contributed by atoms with Crippen molar-refractivity contribution in [1.29, 1.82) is 0 Å². The van der Waals surface area contributed by atoms with Gasteiger partial charge in [0, 0.05) is 17.8 Å². The van der Waals surface area contributed by atoms with E-state index in [2.05, 4.69) is 58.0 Å². The van der Waals surface area contributed by atoms with E-state index in [4.69, 9.17) is 0 Å². The van der Waals surface area contributed by atoms with Crippen LogP contribution in [-0.4, -0.2) is 11.9 Å². The van der Waals surface area contributed by atoms with Crippen LogP contribution in [0.4, 0.5) is 5.69 Å². The fourth-order valence-electron chi connectivity index (χ4n) is 3.24. The van der Waals surface area contributed by atoms with Crippen LogP contribution < -0.4 is 4.90 Å². The highest BCUT2D eigenvalue weighted by Crippen LogP contribution is 2.32. The number of hydrogen-bond acceptors (Lipinski definition) is 1. The summed E-state index contributed by atoms with van der Waals surface area (Å²) < 4.78 is 0. The van der Waals surface area contributed by atoms with Crippen LogP contribution in [0.15, 0.2) is 54.6 Å². The minimum atomic E-state index is 0.0485. The number of carbonyl (C=O) groups is 1. The van der Waals surface area contributed by atoms with Gasteiger partial charge in [0.05, 0.1) is 0 Å². The van der Waals surface area contributed by atoms with Gasteiger partial charge < -0.3 is 4.90 Å². The third-order valence-corrected chi connectivity index (χ3v) is 4.64. The quantitative estimate of drug-likeness (QED) is 0.715. The fourth-order valence-corrected chi connectivity index (χ4v) is 3.24. The van der Waals surface area contributed by atoms with E-state index in [1.54, 1.807) is 6.08 Å². The molecule has 2 aromatic carbocycles. The van der Waals surface area contributed by atoms with E-state index in [9.17, 15) is 4.79 Å². The summed E-state index contributed by atoms with van der Waals surface area (Å²) in [7, 11) is 0. The van der Waals surface area contributed by atoms with E-state index in [1.807, 2.05) is 29.2 Å². The Balaban J connectivity index is 1.76. The Morgan fingerprint density at radius 1 is 1.08 bits per heavy atom. The zero-order chi connectivity index (χ0) is 17.3. The lowest BCUT2D eigenvalue weighted by Crippen LogP contribution is -2.34. The van der Waals surface area contributed by atoms with Crippen molar-refractivity contribution in [1.82, 2.24) is 0 Å². The number of fused-ring (bicyclic) bond motifs is 1. The van der Waals surface area contributed by atoms with Crippen LogP contribution in [0.3, 0.4) is 0 Å². The molecule has 0 fully saturated rings. The molecule has 0 radical (unpaired) electrons. The van der Waals surface area contributed by atoms with Gasteiger partial charge in [-0.3, -0.25) is 4.79 Å². The van der Waals surface area contributed by atoms with Crippen LogP contribution in [0.25, 0.3) is 6.08 Å². The van der Waals surface area contributed by atoms with E-state index < -0.39 is 0 Å². The summed E-state index contributed by atoms with van der Waals surface area (Å²) in [6.07, 6.45) is 4.52. The largest absolute Gasteiger partial charge is 0.305 e. The Morgan fingerprint density at radius 2 is 1.75 bits per heavy atom. The van der Waals surface area contributed by atoms with Crippen molar-refractivity contribution in [3.8, 4) is 0 Å². The zero-order valence-electron chi connectivity index (χ0n) is 14.9. The predicted molar refractivity (Wildman–Crippen MR) is 101 cm³/mol. The topological polar surface area (TPSA) is 20.3 Å². The van der Waals surface area contributed by atoms with Gasteiger partial charge in [-0.05, 0) is 47.6 Å². The molecule has 0 aliphatic carbocycles. The number of amides is 1. The standard InChI is InChI=1S/C22H25NO/c1-16-15-18-7-5-6-8-20(18)23(16)21(24)14-11-17-9-12-19(13-10-17)22(2,3)4/h5-14,16H,15H2,1-4H3/b14-11+/t16-/m1/s1. The highest BCUT2D eigenvalue weighted by atomic mass is 16.2. The Hall–Kier alpha value is -2.35. The van der Waals surface area contributed by atoms with Crippen molar-refractivity contribution in [3.05, 3.63) is 71.3 Å². The minimum Gasteiger partial charge on any atom is -0.305 e. The third kappa shape index (κ3) is 3.28. The zero-order valence-corrected chi connectivity index (χ0v) is 14.9. The van der Waals surface area contributed by atoms with Crippen LogP contribution in [0.2, 0.25) is 0 Å². The lowest BCUT2D eigenvalue weighted by molar-refractivity contribution is -0.114. The maximum absolute atomic E-state index is 12.7.